The summed E-state index contributed by atoms with van der Waals surface area (Å²) in [5, 5.41) is 6.40. The molecular weight excluding hydrogens is 360 g/mol. The van der Waals surface area contributed by atoms with E-state index < -0.39 is 0 Å². The van der Waals surface area contributed by atoms with Crippen LogP contribution < -0.4 is 10.6 Å². The lowest BCUT2D eigenvalue weighted by Crippen LogP contribution is -2.59. The number of nitrogens with one attached hydrogen (secondary N) is 2. The molecule has 0 spiro atoms. The number of para-hydroxylation sites is 1. The zero-order valence-corrected chi connectivity index (χ0v) is 17.5. The van der Waals surface area contributed by atoms with E-state index in [1.54, 1.807) is 6.08 Å². The minimum atomic E-state index is 0.0581. The Bertz CT molecular complexity index is 850. The molecule has 1 heterocycles. The smallest absolute Gasteiger partial charge is 0.243 e. The van der Waals surface area contributed by atoms with Crippen molar-refractivity contribution in [3.05, 3.63) is 42.5 Å². The summed E-state index contributed by atoms with van der Waals surface area (Å²) in [6.45, 7) is 4.73. The first kappa shape index (κ1) is 18.9. The number of anilines is 1. The van der Waals surface area contributed by atoms with Gasteiger partial charge in [0, 0.05) is 23.1 Å². The van der Waals surface area contributed by atoms with Crippen molar-refractivity contribution in [1.29, 1.82) is 0 Å². The van der Waals surface area contributed by atoms with Crippen molar-refractivity contribution in [2.45, 2.75) is 58.4 Å². The molecule has 3 aliphatic carbocycles. The fourth-order valence-corrected chi connectivity index (χ4v) is 7.51. The van der Waals surface area contributed by atoms with Gasteiger partial charge in [0.1, 0.15) is 0 Å². The summed E-state index contributed by atoms with van der Waals surface area (Å²) in [7, 11) is 0. The number of amides is 2. The lowest BCUT2D eigenvalue weighted by Gasteiger charge is -2.58. The van der Waals surface area contributed by atoms with Crippen LogP contribution in [0.3, 0.4) is 0 Å². The van der Waals surface area contributed by atoms with Crippen LogP contribution in [0.5, 0.6) is 0 Å². The van der Waals surface area contributed by atoms with Crippen LogP contribution in [0.4, 0.5) is 5.69 Å². The highest BCUT2D eigenvalue weighted by Gasteiger charge is 2.60. The fourth-order valence-electron chi connectivity index (χ4n) is 7.51. The lowest BCUT2D eigenvalue weighted by atomic mass is 9.48. The summed E-state index contributed by atoms with van der Waals surface area (Å²) < 4.78 is 0. The molecule has 0 saturated heterocycles. The van der Waals surface area contributed by atoms with E-state index in [1.165, 1.54) is 6.42 Å². The minimum absolute atomic E-state index is 0.0581. The maximum absolute atomic E-state index is 13.2. The summed E-state index contributed by atoms with van der Waals surface area (Å²) in [5.74, 6) is 2.23. The van der Waals surface area contributed by atoms with E-state index in [0.717, 1.165) is 37.8 Å². The van der Waals surface area contributed by atoms with E-state index in [1.807, 2.05) is 30.3 Å². The van der Waals surface area contributed by atoms with Crippen LogP contribution in [0, 0.1) is 34.5 Å². The molecule has 0 aromatic heterocycles. The van der Waals surface area contributed by atoms with Gasteiger partial charge in [-0.1, -0.05) is 38.1 Å². The van der Waals surface area contributed by atoms with Gasteiger partial charge in [-0.15, -0.1) is 0 Å². The number of carbonyl (C=O) groups is 2. The van der Waals surface area contributed by atoms with Gasteiger partial charge < -0.3 is 10.6 Å². The van der Waals surface area contributed by atoms with E-state index in [9.17, 15) is 9.59 Å². The van der Waals surface area contributed by atoms with Crippen molar-refractivity contribution in [3.8, 4) is 0 Å². The second-order valence-corrected chi connectivity index (χ2v) is 10.2. The molecule has 7 atom stereocenters. The van der Waals surface area contributed by atoms with Gasteiger partial charge in [0.25, 0.3) is 0 Å². The number of benzene rings is 1. The molecule has 2 amide bonds. The third-order valence-electron chi connectivity index (χ3n) is 9.04. The van der Waals surface area contributed by atoms with Gasteiger partial charge in [-0.05, 0) is 79.9 Å². The average molecular weight is 393 g/mol. The Morgan fingerprint density at radius 3 is 2.62 bits per heavy atom. The Kier molecular flexibility index (Phi) is 4.38. The molecule has 2 N–H and O–H groups in total. The first-order valence-electron chi connectivity index (χ1n) is 11.3. The van der Waals surface area contributed by atoms with E-state index in [0.29, 0.717) is 17.8 Å². The van der Waals surface area contributed by atoms with Crippen LogP contribution >= 0.6 is 0 Å². The molecule has 1 aromatic rings. The molecule has 1 aromatic carbocycles. The third-order valence-corrected chi connectivity index (χ3v) is 9.04. The minimum Gasteiger partial charge on any atom is -0.349 e. The van der Waals surface area contributed by atoms with E-state index >= 15 is 0 Å². The quantitative estimate of drug-likeness (QED) is 0.776. The summed E-state index contributed by atoms with van der Waals surface area (Å²) in [4.78, 5) is 25.1. The molecule has 154 valence electrons. The highest BCUT2D eigenvalue weighted by Crippen LogP contribution is 2.65. The summed E-state index contributed by atoms with van der Waals surface area (Å²) in [6.07, 6.45) is 10.6. The van der Waals surface area contributed by atoms with E-state index in [-0.39, 0.29) is 34.6 Å². The molecule has 1 aliphatic heterocycles. The highest BCUT2D eigenvalue weighted by atomic mass is 16.2. The van der Waals surface area contributed by atoms with Crippen molar-refractivity contribution in [1.82, 2.24) is 5.32 Å². The zero-order valence-electron chi connectivity index (χ0n) is 17.5. The molecule has 4 aliphatic rings. The molecule has 0 radical (unpaired) electrons. The zero-order chi connectivity index (χ0) is 20.2. The van der Waals surface area contributed by atoms with Crippen LogP contribution in [0.2, 0.25) is 0 Å². The Morgan fingerprint density at radius 1 is 1.03 bits per heavy atom. The predicted molar refractivity (Wildman–Crippen MR) is 114 cm³/mol. The Morgan fingerprint density at radius 2 is 1.83 bits per heavy atom. The van der Waals surface area contributed by atoms with Gasteiger partial charge in [0.05, 0.1) is 0 Å². The molecule has 4 heteroatoms. The van der Waals surface area contributed by atoms with E-state index in [4.69, 9.17) is 0 Å². The topological polar surface area (TPSA) is 58.2 Å². The number of rotatable bonds is 2. The summed E-state index contributed by atoms with van der Waals surface area (Å²) in [6, 6.07) is 10.1. The van der Waals surface area contributed by atoms with Gasteiger partial charge in [-0.2, -0.15) is 0 Å². The lowest BCUT2D eigenvalue weighted by molar-refractivity contribution is -0.129. The first-order valence-corrected chi connectivity index (χ1v) is 11.3. The van der Waals surface area contributed by atoms with Crippen LogP contribution in [-0.4, -0.2) is 17.9 Å². The fraction of sp³-hybridized carbons (Fsp3) is 0.600. The van der Waals surface area contributed by atoms with Crippen LogP contribution in [0.15, 0.2) is 42.5 Å². The van der Waals surface area contributed by atoms with Gasteiger partial charge in [-0.3, -0.25) is 9.59 Å². The maximum Gasteiger partial charge on any atom is 0.243 e. The molecule has 4 nitrogen and oxygen atoms in total. The standard InChI is InChI=1S/C25H32N2O2/c1-24-14-12-19-17(8-11-21-25(19,2)15-13-22(28)27-21)18(24)9-10-20(24)23(29)26-16-6-4-3-5-7-16/h3-7,13,15,17-21H,8-12,14H2,1-2H3,(H,26,29)(H,27,28)/t17-,18-,19+,20?,21?,24-,25+/m0/s1. The molecule has 5 rings (SSSR count). The number of hydrogen-bond donors (Lipinski definition) is 2. The van der Waals surface area contributed by atoms with Gasteiger partial charge in [-0.25, -0.2) is 0 Å². The van der Waals surface area contributed by atoms with Crippen molar-refractivity contribution in [3.63, 3.8) is 0 Å². The normalized spacial score (nSPS) is 43.0. The molecule has 3 saturated carbocycles. The second-order valence-electron chi connectivity index (χ2n) is 10.2. The predicted octanol–water partition coefficient (Wildman–Crippen LogP) is 4.54. The third kappa shape index (κ3) is 2.86. The van der Waals surface area contributed by atoms with Crippen molar-refractivity contribution in [2.24, 2.45) is 34.5 Å². The molecule has 3 fully saturated rings. The maximum atomic E-state index is 13.2. The summed E-state index contributed by atoms with van der Waals surface area (Å²) in [5.41, 5.74) is 1.04. The average Bonchev–Trinajstić information content (AvgIpc) is 3.06. The van der Waals surface area contributed by atoms with E-state index in [2.05, 4.69) is 30.6 Å². The number of hydrogen-bond acceptors (Lipinski definition) is 2. The number of fused-ring (bicyclic) bond motifs is 5. The molecule has 0 bridgehead atoms. The largest absolute Gasteiger partial charge is 0.349 e. The monoisotopic (exact) mass is 392 g/mol. The first-order chi connectivity index (χ1) is 13.9. The number of carbonyl (C=O) groups excluding carboxylic acids is 2. The molecule has 2 unspecified atom stereocenters. The van der Waals surface area contributed by atoms with Crippen LogP contribution in [-0.2, 0) is 9.59 Å². The second kappa shape index (κ2) is 6.72. The SMILES string of the molecule is C[C@]12C=CC(=O)NC1CC[C@@H]1[C@H]2CC[C@]2(C)C(C(=O)Nc3ccccc3)CC[C@@H]12. The van der Waals surface area contributed by atoms with Crippen LogP contribution in [0.25, 0.3) is 0 Å². The van der Waals surface area contributed by atoms with Crippen molar-refractivity contribution >= 4 is 17.5 Å². The van der Waals surface area contributed by atoms with Crippen molar-refractivity contribution in [2.75, 3.05) is 5.32 Å². The highest BCUT2D eigenvalue weighted by molar-refractivity contribution is 5.93. The Labute approximate surface area is 173 Å². The van der Waals surface area contributed by atoms with Crippen molar-refractivity contribution < 1.29 is 9.59 Å². The molecular formula is C25H32N2O2. The van der Waals surface area contributed by atoms with Gasteiger partial charge in [0.15, 0.2) is 0 Å². The Hall–Kier alpha value is -2.10. The van der Waals surface area contributed by atoms with Gasteiger partial charge >= 0.3 is 0 Å². The van der Waals surface area contributed by atoms with Gasteiger partial charge in [0.2, 0.25) is 11.8 Å². The molecule has 29 heavy (non-hydrogen) atoms. The summed E-state index contributed by atoms with van der Waals surface area (Å²) >= 11 is 0. The Balaban J connectivity index is 1.38. The van der Waals surface area contributed by atoms with Crippen LogP contribution in [0.1, 0.15) is 52.4 Å².